The van der Waals surface area contributed by atoms with Crippen molar-refractivity contribution >= 4 is 5.91 Å². The molecule has 0 bridgehead atoms. The minimum Gasteiger partial charge on any atom is -0.366 e. The van der Waals surface area contributed by atoms with Crippen molar-refractivity contribution in [3.05, 3.63) is 23.0 Å². The number of carbonyl (C=O) groups is 1. The van der Waals surface area contributed by atoms with Crippen molar-refractivity contribution in [2.45, 2.75) is 26.7 Å². The summed E-state index contributed by atoms with van der Waals surface area (Å²) in [5.41, 5.74) is 8.01. The molecule has 0 atom stereocenters. The van der Waals surface area contributed by atoms with Gasteiger partial charge in [-0.3, -0.25) is 4.79 Å². The lowest BCUT2D eigenvalue weighted by atomic mass is 10.2. The molecule has 72 valence electrons. The maximum Gasteiger partial charge on any atom is 0.250 e. The van der Waals surface area contributed by atoms with Gasteiger partial charge in [-0.15, -0.1) is 0 Å². The molecule has 0 fully saturated rings. The fourth-order valence-corrected chi connectivity index (χ4v) is 1.51. The Morgan fingerprint density at radius 3 is 2.62 bits per heavy atom. The Balaban J connectivity index is 3.12. The number of aromatic nitrogens is 1. The molecule has 1 aromatic rings. The van der Waals surface area contributed by atoms with Crippen molar-refractivity contribution in [3.8, 4) is 0 Å². The van der Waals surface area contributed by atoms with Crippen molar-refractivity contribution in [2.75, 3.05) is 0 Å². The highest BCUT2D eigenvalue weighted by Gasteiger charge is 2.11. The normalized spacial score (nSPS) is 10.4. The SMILES string of the molecule is CCCc1cc(C(N)=O)c(C)n1C. The average Bonchev–Trinajstić information content (AvgIpc) is 2.33. The Kier molecular flexibility index (Phi) is 2.76. The summed E-state index contributed by atoms with van der Waals surface area (Å²) in [5, 5.41) is 0. The Morgan fingerprint density at radius 1 is 1.62 bits per heavy atom. The van der Waals surface area contributed by atoms with Gasteiger partial charge < -0.3 is 10.3 Å². The monoisotopic (exact) mass is 180 g/mol. The summed E-state index contributed by atoms with van der Waals surface area (Å²) in [6, 6.07) is 1.89. The van der Waals surface area contributed by atoms with Gasteiger partial charge in [0.15, 0.2) is 0 Å². The fourth-order valence-electron chi connectivity index (χ4n) is 1.51. The molecule has 2 N–H and O–H groups in total. The largest absolute Gasteiger partial charge is 0.366 e. The van der Waals surface area contributed by atoms with Crippen LogP contribution in [0.5, 0.6) is 0 Å². The summed E-state index contributed by atoms with van der Waals surface area (Å²) in [6.07, 6.45) is 2.07. The van der Waals surface area contributed by atoms with Crippen LogP contribution >= 0.6 is 0 Å². The molecule has 0 aliphatic rings. The second kappa shape index (κ2) is 3.64. The predicted octanol–water partition coefficient (Wildman–Crippen LogP) is 1.38. The molecular weight excluding hydrogens is 164 g/mol. The Labute approximate surface area is 78.5 Å². The fraction of sp³-hybridized carbons (Fsp3) is 0.500. The van der Waals surface area contributed by atoms with E-state index in [0.717, 1.165) is 18.5 Å². The lowest BCUT2D eigenvalue weighted by molar-refractivity contribution is 0.0999. The second-order valence-electron chi connectivity index (χ2n) is 3.31. The number of nitrogens with two attached hydrogens (primary N) is 1. The quantitative estimate of drug-likeness (QED) is 0.750. The first-order valence-electron chi connectivity index (χ1n) is 4.53. The van der Waals surface area contributed by atoms with Gasteiger partial charge in [-0.05, 0) is 19.4 Å². The minimum absolute atomic E-state index is 0.338. The van der Waals surface area contributed by atoms with Crippen LogP contribution in [0.4, 0.5) is 0 Å². The van der Waals surface area contributed by atoms with Crippen molar-refractivity contribution in [1.29, 1.82) is 0 Å². The van der Waals surface area contributed by atoms with Gasteiger partial charge in [0.25, 0.3) is 5.91 Å². The van der Waals surface area contributed by atoms with E-state index >= 15 is 0 Å². The van der Waals surface area contributed by atoms with Crippen LogP contribution in [-0.2, 0) is 13.5 Å². The molecule has 0 saturated heterocycles. The van der Waals surface area contributed by atoms with Gasteiger partial charge in [-0.2, -0.15) is 0 Å². The average molecular weight is 180 g/mol. The number of aryl methyl sites for hydroxylation is 1. The molecular formula is C10H16N2O. The summed E-state index contributed by atoms with van der Waals surface area (Å²) in [5.74, 6) is -0.338. The van der Waals surface area contributed by atoms with Gasteiger partial charge in [0.05, 0.1) is 5.56 Å². The van der Waals surface area contributed by atoms with Crippen LogP contribution in [0.1, 0.15) is 35.1 Å². The van der Waals surface area contributed by atoms with E-state index in [4.69, 9.17) is 5.73 Å². The number of rotatable bonds is 3. The molecule has 1 amide bonds. The summed E-state index contributed by atoms with van der Waals surface area (Å²) < 4.78 is 2.03. The van der Waals surface area contributed by atoms with Gasteiger partial charge >= 0.3 is 0 Å². The predicted molar refractivity (Wildman–Crippen MR) is 52.7 cm³/mol. The summed E-state index contributed by atoms with van der Waals surface area (Å²) in [7, 11) is 1.97. The van der Waals surface area contributed by atoms with Crippen LogP contribution < -0.4 is 5.73 Å². The van der Waals surface area contributed by atoms with Gasteiger partial charge in [0, 0.05) is 18.4 Å². The van der Waals surface area contributed by atoms with Gasteiger partial charge in [-0.25, -0.2) is 0 Å². The van der Waals surface area contributed by atoms with Gasteiger partial charge in [0.1, 0.15) is 0 Å². The van der Waals surface area contributed by atoms with Crippen molar-refractivity contribution in [3.63, 3.8) is 0 Å². The number of primary amides is 1. The lowest BCUT2D eigenvalue weighted by Crippen LogP contribution is -2.11. The standard InChI is InChI=1S/C10H16N2O/c1-4-5-8-6-9(10(11)13)7(2)12(8)3/h6H,4-5H2,1-3H3,(H2,11,13). The third-order valence-electron chi connectivity index (χ3n) is 2.41. The maximum absolute atomic E-state index is 11.0. The highest BCUT2D eigenvalue weighted by molar-refractivity contribution is 5.94. The Hall–Kier alpha value is -1.25. The molecule has 0 aliphatic heterocycles. The Morgan fingerprint density at radius 2 is 2.23 bits per heavy atom. The molecule has 0 aliphatic carbocycles. The zero-order chi connectivity index (χ0) is 10.0. The van der Waals surface area contributed by atoms with Crippen molar-refractivity contribution in [2.24, 2.45) is 12.8 Å². The van der Waals surface area contributed by atoms with E-state index in [-0.39, 0.29) is 5.91 Å². The molecule has 1 rings (SSSR count). The molecule has 1 aromatic heterocycles. The van der Waals surface area contributed by atoms with Crippen LogP contribution in [0.25, 0.3) is 0 Å². The first-order chi connectivity index (χ1) is 6.07. The highest BCUT2D eigenvalue weighted by atomic mass is 16.1. The first-order valence-corrected chi connectivity index (χ1v) is 4.53. The van der Waals surface area contributed by atoms with Crippen molar-refractivity contribution < 1.29 is 4.79 Å². The number of hydrogen-bond acceptors (Lipinski definition) is 1. The van der Waals surface area contributed by atoms with E-state index in [0.29, 0.717) is 5.56 Å². The molecule has 0 aromatic carbocycles. The molecule has 0 unspecified atom stereocenters. The minimum atomic E-state index is -0.338. The molecule has 0 radical (unpaired) electrons. The van der Waals surface area contributed by atoms with E-state index in [1.165, 1.54) is 5.69 Å². The topological polar surface area (TPSA) is 48.0 Å². The first kappa shape index (κ1) is 9.84. The van der Waals surface area contributed by atoms with E-state index in [1.807, 2.05) is 24.6 Å². The van der Waals surface area contributed by atoms with E-state index < -0.39 is 0 Å². The number of carbonyl (C=O) groups excluding carboxylic acids is 1. The molecule has 0 spiro atoms. The molecule has 3 heteroatoms. The zero-order valence-corrected chi connectivity index (χ0v) is 8.42. The summed E-state index contributed by atoms with van der Waals surface area (Å²) in [4.78, 5) is 11.0. The molecule has 3 nitrogen and oxygen atoms in total. The molecule has 13 heavy (non-hydrogen) atoms. The lowest BCUT2D eigenvalue weighted by Gasteiger charge is -2.02. The van der Waals surface area contributed by atoms with Gasteiger partial charge in [0.2, 0.25) is 0 Å². The number of nitrogens with zero attached hydrogens (tertiary/aromatic N) is 1. The van der Waals surface area contributed by atoms with E-state index in [1.54, 1.807) is 0 Å². The van der Waals surface area contributed by atoms with Crippen molar-refractivity contribution in [1.82, 2.24) is 4.57 Å². The summed E-state index contributed by atoms with van der Waals surface area (Å²) >= 11 is 0. The van der Waals surface area contributed by atoms with E-state index in [2.05, 4.69) is 6.92 Å². The maximum atomic E-state index is 11.0. The third kappa shape index (κ3) is 1.74. The Bertz CT molecular complexity index is 326. The zero-order valence-electron chi connectivity index (χ0n) is 8.42. The van der Waals surface area contributed by atoms with Crippen LogP contribution in [0.3, 0.4) is 0 Å². The summed E-state index contributed by atoms with van der Waals surface area (Å²) in [6.45, 7) is 4.03. The second-order valence-corrected chi connectivity index (χ2v) is 3.31. The van der Waals surface area contributed by atoms with Crippen LogP contribution in [0.15, 0.2) is 6.07 Å². The molecule has 1 heterocycles. The smallest absolute Gasteiger partial charge is 0.250 e. The van der Waals surface area contributed by atoms with Crippen LogP contribution in [0.2, 0.25) is 0 Å². The molecule has 0 saturated carbocycles. The van der Waals surface area contributed by atoms with Gasteiger partial charge in [-0.1, -0.05) is 13.3 Å². The number of amides is 1. The van der Waals surface area contributed by atoms with Crippen LogP contribution in [-0.4, -0.2) is 10.5 Å². The number of hydrogen-bond donors (Lipinski definition) is 1. The van der Waals surface area contributed by atoms with E-state index in [9.17, 15) is 4.79 Å². The highest BCUT2D eigenvalue weighted by Crippen LogP contribution is 2.14. The third-order valence-corrected chi connectivity index (χ3v) is 2.41. The van der Waals surface area contributed by atoms with Crippen LogP contribution in [0, 0.1) is 6.92 Å².